The predicted molar refractivity (Wildman–Crippen MR) is 162 cm³/mol. The van der Waals surface area contributed by atoms with Crippen molar-refractivity contribution >= 4 is 45.3 Å². The number of phenolic OH excluding ortho intramolecular Hbond substituents is 1. The zero-order chi connectivity index (χ0) is 25.1. The van der Waals surface area contributed by atoms with Gasteiger partial charge in [0.2, 0.25) is 0 Å². The van der Waals surface area contributed by atoms with Crippen LogP contribution in [-0.2, 0) is 19.5 Å². The Balaban J connectivity index is 0.00000320. The first-order valence-electron chi connectivity index (χ1n) is 12.8. The first-order valence-corrected chi connectivity index (χ1v) is 15.3. The molecule has 0 spiro atoms. The zero-order valence-electron chi connectivity index (χ0n) is 21.7. The molecule has 2 fully saturated rings. The Labute approximate surface area is 239 Å². The fraction of sp³-hybridized carbons (Fsp3) is 0.464. The average Bonchev–Trinajstić information content (AvgIpc) is 3.24. The van der Waals surface area contributed by atoms with E-state index in [9.17, 15) is 5.11 Å². The Morgan fingerprint density at radius 3 is 1.81 bits per heavy atom. The van der Waals surface area contributed by atoms with Crippen LogP contribution in [0.25, 0.3) is 10.4 Å². The van der Waals surface area contributed by atoms with Gasteiger partial charge < -0.3 is 14.9 Å². The van der Waals surface area contributed by atoms with E-state index in [1.165, 1.54) is 21.6 Å². The van der Waals surface area contributed by atoms with Crippen LogP contribution in [0.2, 0.25) is 0 Å². The standard InChI is InChI=1S/C28H36N4OS3.ClH/c1-29-8-12-31(13-9-29)19-23-17-22(18-24(26(23)33)20-32-14-10-30(2)11-15-32)27-25(28(34)36-35-27)16-21-6-4-3-5-7-21;/h3-7,17-18,33H,8-16,19-20H2,1-2H3;1H. The average molecular weight is 577 g/mol. The molecule has 5 nitrogen and oxygen atoms in total. The maximum atomic E-state index is 11.4. The second-order valence-corrected chi connectivity index (χ2v) is 13.0. The van der Waals surface area contributed by atoms with E-state index < -0.39 is 0 Å². The van der Waals surface area contributed by atoms with E-state index >= 15 is 0 Å². The molecule has 3 heterocycles. The van der Waals surface area contributed by atoms with Gasteiger partial charge in [0, 0.05) is 88.6 Å². The Morgan fingerprint density at radius 1 is 0.784 bits per heavy atom. The van der Waals surface area contributed by atoms with Gasteiger partial charge in [0.05, 0.1) is 4.88 Å². The van der Waals surface area contributed by atoms with Crippen molar-refractivity contribution in [2.75, 3.05) is 66.5 Å². The molecule has 1 aromatic heterocycles. The van der Waals surface area contributed by atoms with Crippen molar-refractivity contribution < 1.29 is 5.11 Å². The monoisotopic (exact) mass is 576 g/mol. The van der Waals surface area contributed by atoms with Gasteiger partial charge >= 0.3 is 0 Å². The lowest BCUT2D eigenvalue weighted by Crippen LogP contribution is -2.44. The highest BCUT2D eigenvalue weighted by molar-refractivity contribution is 7.80. The van der Waals surface area contributed by atoms with Gasteiger partial charge in [-0.2, -0.15) is 0 Å². The highest BCUT2D eigenvalue weighted by Crippen LogP contribution is 2.40. The molecule has 2 saturated heterocycles. The summed E-state index contributed by atoms with van der Waals surface area (Å²) in [5.74, 6) is 0.472. The van der Waals surface area contributed by atoms with E-state index in [0.29, 0.717) is 5.75 Å². The number of benzene rings is 2. The smallest absolute Gasteiger partial charge is 0.124 e. The van der Waals surface area contributed by atoms with E-state index in [0.717, 1.165) is 86.8 Å². The molecule has 1 N–H and O–H groups in total. The van der Waals surface area contributed by atoms with Crippen molar-refractivity contribution in [3.63, 3.8) is 0 Å². The Bertz CT molecular complexity index is 1170. The number of hydrogen-bond acceptors (Lipinski definition) is 8. The molecule has 2 aliphatic heterocycles. The zero-order valence-corrected chi connectivity index (χ0v) is 25.0. The molecule has 37 heavy (non-hydrogen) atoms. The number of phenols is 1. The molecular formula is C28H37ClN4OS3. The maximum absolute atomic E-state index is 11.4. The molecule has 5 rings (SSSR count). The third-order valence-electron chi connectivity index (χ3n) is 7.45. The van der Waals surface area contributed by atoms with Crippen LogP contribution in [0.3, 0.4) is 0 Å². The Morgan fingerprint density at radius 2 is 1.30 bits per heavy atom. The molecule has 0 saturated carbocycles. The summed E-state index contributed by atoms with van der Waals surface area (Å²) in [6, 6.07) is 15.1. The molecule has 0 amide bonds. The number of nitrogens with zero attached hydrogens (tertiary/aromatic N) is 4. The highest BCUT2D eigenvalue weighted by Gasteiger charge is 2.22. The van der Waals surface area contributed by atoms with Crippen LogP contribution in [0.15, 0.2) is 42.5 Å². The summed E-state index contributed by atoms with van der Waals surface area (Å²) in [7, 11) is 7.84. The quantitative estimate of drug-likeness (QED) is 0.299. The molecule has 0 bridgehead atoms. The Hall–Kier alpha value is -1.36. The van der Waals surface area contributed by atoms with Crippen molar-refractivity contribution in [2.24, 2.45) is 0 Å². The lowest BCUT2D eigenvalue weighted by atomic mass is 9.98. The molecule has 9 heteroatoms. The van der Waals surface area contributed by atoms with Gasteiger partial charge in [-0.05, 0) is 37.4 Å². The first-order chi connectivity index (χ1) is 17.5. The maximum Gasteiger partial charge on any atom is 0.124 e. The number of halogens is 1. The van der Waals surface area contributed by atoms with Crippen LogP contribution in [0.1, 0.15) is 22.3 Å². The lowest BCUT2D eigenvalue weighted by molar-refractivity contribution is 0.144. The topological polar surface area (TPSA) is 33.2 Å². The van der Waals surface area contributed by atoms with E-state index in [4.69, 9.17) is 12.2 Å². The van der Waals surface area contributed by atoms with Crippen molar-refractivity contribution in [2.45, 2.75) is 19.5 Å². The van der Waals surface area contributed by atoms with Crippen LogP contribution in [0.5, 0.6) is 5.75 Å². The number of aromatic hydroxyl groups is 1. The van der Waals surface area contributed by atoms with Crippen molar-refractivity contribution in [1.29, 1.82) is 0 Å². The number of rotatable bonds is 7. The van der Waals surface area contributed by atoms with Gasteiger partial charge in [-0.1, -0.05) is 63.2 Å². The summed E-state index contributed by atoms with van der Waals surface area (Å²) in [5.41, 5.74) is 5.80. The molecule has 0 radical (unpaired) electrons. The minimum atomic E-state index is 0. The normalized spacial score (nSPS) is 18.1. The molecule has 2 aromatic carbocycles. The number of likely N-dealkylation sites (N-methyl/N-ethyl adjacent to an activating group) is 2. The van der Waals surface area contributed by atoms with Crippen LogP contribution in [0.4, 0.5) is 0 Å². The van der Waals surface area contributed by atoms with Crippen molar-refractivity contribution in [1.82, 2.24) is 19.6 Å². The van der Waals surface area contributed by atoms with E-state index in [-0.39, 0.29) is 12.4 Å². The molecule has 0 aliphatic carbocycles. The molecule has 0 unspecified atom stereocenters. The van der Waals surface area contributed by atoms with E-state index in [2.05, 4.69) is 76.2 Å². The van der Waals surface area contributed by atoms with Crippen LogP contribution in [0, 0.1) is 3.82 Å². The summed E-state index contributed by atoms with van der Waals surface area (Å²) < 4.78 is 0.980. The summed E-state index contributed by atoms with van der Waals surface area (Å²) in [5, 5.41) is 11.4. The lowest BCUT2D eigenvalue weighted by Gasteiger charge is -2.34. The van der Waals surface area contributed by atoms with E-state index in [1.54, 1.807) is 20.7 Å². The number of hydrogen-bond donors (Lipinski definition) is 1. The summed E-state index contributed by atoms with van der Waals surface area (Å²) in [4.78, 5) is 10.9. The minimum absolute atomic E-state index is 0. The minimum Gasteiger partial charge on any atom is -0.507 e. The highest BCUT2D eigenvalue weighted by atomic mass is 35.5. The van der Waals surface area contributed by atoms with Gasteiger partial charge in [-0.25, -0.2) is 0 Å². The molecular weight excluding hydrogens is 540 g/mol. The third-order valence-corrected chi connectivity index (χ3v) is 10.6. The van der Waals surface area contributed by atoms with Crippen LogP contribution >= 0.6 is 45.3 Å². The van der Waals surface area contributed by atoms with Crippen molar-refractivity contribution in [3.05, 3.63) is 68.5 Å². The molecule has 200 valence electrons. The Kier molecular flexibility index (Phi) is 10.2. The number of piperazine rings is 2. The van der Waals surface area contributed by atoms with Gasteiger partial charge in [0.15, 0.2) is 0 Å². The fourth-order valence-corrected chi connectivity index (χ4v) is 7.98. The van der Waals surface area contributed by atoms with Crippen LogP contribution in [-0.4, -0.2) is 91.2 Å². The second kappa shape index (κ2) is 13.1. The largest absolute Gasteiger partial charge is 0.507 e. The van der Waals surface area contributed by atoms with E-state index in [1.807, 2.05) is 0 Å². The van der Waals surface area contributed by atoms with Crippen molar-refractivity contribution in [3.8, 4) is 16.2 Å². The SMILES string of the molecule is CN1CCN(Cc2cc(-c3ssc(=S)c3Cc3ccccc3)cc(CN3CCN(C)CC3)c2O)CC1.Cl. The first kappa shape index (κ1) is 28.6. The molecule has 3 aromatic rings. The molecule has 2 aliphatic rings. The van der Waals surface area contributed by atoms with Gasteiger partial charge in [0.25, 0.3) is 0 Å². The summed E-state index contributed by atoms with van der Waals surface area (Å²) >= 11 is 5.80. The third kappa shape index (κ3) is 7.19. The second-order valence-electron chi connectivity index (χ2n) is 10.2. The summed E-state index contributed by atoms with van der Waals surface area (Å²) in [6.07, 6.45) is 0.845. The fourth-order valence-electron chi connectivity index (χ4n) is 5.07. The van der Waals surface area contributed by atoms with Gasteiger partial charge in [0.1, 0.15) is 9.57 Å². The predicted octanol–water partition coefficient (Wildman–Crippen LogP) is 5.42. The molecule has 0 atom stereocenters. The summed E-state index contributed by atoms with van der Waals surface area (Å²) in [6.45, 7) is 9.98. The van der Waals surface area contributed by atoms with Gasteiger partial charge in [-0.15, -0.1) is 12.4 Å². The van der Waals surface area contributed by atoms with Crippen LogP contribution < -0.4 is 0 Å². The van der Waals surface area contributed by atoms with Gasteiger partial charge in [-0.3, -0.25) is 9.80 Å².